The van der Waals surface area contributed by atoms with Gasteiger partial charge in [-0.15, -0.1) is 0 Å². The van der Waals surface area contributed by atoms with E-state index in [2.05, 4.69) is 10.3 Å². The average molecular weight is 526 g/mol. The molecule has 38 heavy (non-hydrogen) atoms. The summed E-state index contributed by atoms with van der Waals surface area (Å²) < 4.78 is 7.26. The number of thiazole rings is 1. The van der Waals surface area contributed by atoms with Gasteiger partial charge < -0.3 is 15.2 Å². The highest BCUT2D eigenvalue weighted by molar-refractivity contribution is 7.07. The summed E-state index contributed by atoms with van der Waals surface area (Å²) in [6.45, 7) is 1.76. The summed E-state index contributed by atoms with van der Waals surface area (Å²) in [5.74, 6) is -0.717. The van der Waals surface area contributed by atoms with Gasteiger partial charge in [0.15, 0.2) is 4.80 Å². The molecule has 4 aromatic rings. The number of carbonyl (C=O) groups excluding carboxylic acids is 1. The first kappa shape index (κ1) is 24.9. The molecule has 1 amide bonds. The second-order valence-corrected chi connectivity index (χ2v) is 9.61. The van der Waals surface area contributed by atoms with Crippen LogP contribution in [0.5, 0.6) is 5.75 Å². The van der Waals surface area contributed by atoms with Crippen molar-refractivity contribution in [1.82, 2.24) is 4.57 Å². The number of allylic oxidation sites excluding steroid dienone is 1. The number of nitrogens with zero attached hydrogens (tertiary/aromatic N) is 2. The summed E-state index contributed by atoms with van der Waals surface area (Å²) in [5, 5.41) is 12.1. The molecule has 2 heterocycles. The van der Waals surface area contributed by atoms with Crippen molar-refractivity contribution in [1.29, 1.82) is 0 Å². The number of aromatic carboxylic acids is 1. The van der Waals surface area contributed by atoms with E-state index in [1.54, 1.807) is 56.5 Å². The minimum absolute atomic E-state index is 0.160. The van der Waals surface area contributed by atoms with Gasteiger partial charge >= 0.3 is 5.97 Å². The molecule has 1 aromatic heterocycles. The van der Waals surface area contributed by atoms with Gasteiger partial charge in [0.25, 0.3) is 11.5 Å². The zero-order chi connectivity index (χ0) is 26.8. The van der Waals surface area contributed by atoms with Gasteiger partial charge in [0.05, 0.1) is 34.5 Å². The maximum atomic E-state index is 13.7. The lowest BCUT2D eigenvalue weighted by Gasteiger charge is -2.25. The number of hydrogen-bond acceptors (Lipinski definition) is 6. The molecule has 5 rings (SSSR count). The number of carbonyl (C=O) groups is 2. The van der Waals surface area contributed by atoms with E-state index in [0.717, 1.165) is 5.56 Å². The van der Waals surface area contributed by atoms with Crippen molar-refractivity contribution in [3.8, 4) is 5.75 Å². The Morgan fingerprint density at radius 1 is 1.03 bits per heavy atom. The van der Waals surface area contributed by atoms with E-state index in [0.29, 0.717) is 37.6 Å². The zero-order valence-electron chi connectivity index (χ0n) is 20.5. The summed E-state index contributed by atoms with van der Waals surface area (Å²) >= 11 is 1.22. The monoisotopic (exact) mass is 525 g/mol. The quantitative estimate of drug-likeness (QED) is 0.400. The largest absolute Gasteiger partial charge is 0.497 e. The molecule has 8 nitrogen and oxygen atoms in total. The van der Waals surface area contributed by atoms with E-state index in [-0.39, 0.29) is 17.0 Å². The van der Waals surface area contributed by atoms with Gasteiger partial charge in [0, 0.05) is 5.69 Å². The molecule has 1 aliphatic heterocycles. The van der Waals surface area contributed by atoms with Crippen molar-refractivity contribution < 1.29 is 19.4 Å². The van der Waals surface area contributed by atoms with Gasteiger partial charge in [-0.25, -0.2) is 9.79 Å². The highest BCUT2D eigenvalue weighted by atomic mass is 32.1. The zero-order valence-corrected chi connectivity index (χ0v) is 21.4. The number of amides is 1. The van der Waals surface area contributed by atoms with Gasteiger partial charge in [-0.1, -0.05) is 53.8 Å². The van der Waals surface area contributed by atoms with Gasteiger partial charge in [-0.3, -0.25) is 14.2 Å². The molecule has 9 heteroatoms. The number of nitrogens with one attached hydrogen (secondary N) is 1. The van der Waals surface area contributed by atoms with Crippen molar-refractivity contribution in [2.45, 2.75) is 13.0 Å². The van der Waals surface area contributed by atoms with Crippen LogP contribution in [0, 0.1) is 0 Å². The maximum Gasteiger partial charge on any atom is 0.335 e. The SMILES string of the molecule is COc1ccc(C2C(C(=O)Nc3ccccc3)=C(C)N=c3s/c(=C\c4ccc(C(=O)O)cc4)c(=O)n32)cc1. The standard InChI is InChI=1S/C29H23N3O5S/c1-17-24(26(33)31-21-6-4-3-5-7-21)25(19-12-14-22(37-2)15-13-19)32-27(34)23(38-29(32)30-17)16-18-8-10-20(11-9-18)28(35)36/h3-16,25H,1-2H3,(H,31,33)(H,35,36)/b23-16-. The van der Waals surface area contributed by atoms with Crippen LogP contribution in [0.25, 0.3) is 6.08 Å². The molecule has 1 atom stereocenters. The first-order valence-electron chi connectivity index (χ1n) is 11.7. The molecule has 0 fully saturated rings. The van der Waals surface area contributed by atoms with Crippen molar-refractivity contribution in [2.24, 2.45) is 4.99 Å². The number of fused-ring (bicyclic) bond motifs is 1. The van der Waals surface area contributed by atoms with Gasteiger partial charge in [0.2, 0.25) is 0 Å². The molecule has 0 saturated heterocycles. The minimum Gasteiger partial charge on any atom is -0.497 e. The smallest absolute Gasteiger partial charge is 0.335 e. The number of para-hydroxylation sites is 1. The Morgan fingerprint density at radius 3 is 2.34 bits per heavy atom. The summed E-state index contributed by atoms with van der Waals surface area (Å²) in [6.07, 6.45) is 1.70. The number of rotatable bonds is 6. The second kappa shape index (κ2) is 10.3. The van der Waals surface area contributed by atoms with E-state index >= 15 is 0 Å². The van der Waals surface area contributed by atoms with Gasteiger partial charge in [0.1, 0.15) is 5.75 Å². The van der Waals surface area contributed by atoms with E-state index < -0.39 is 12.0 Å². The van der Waals surface area contributed by atoms with Crippen LogP contribution in [-0.4, -0.2) is 28.7 Å². The molecule has 0 spiro atoms. The minimum atomic E-state index is -1.02. The normalized spacial score (nSPS) is 15.0. The Kier molecular flexibility index (Phi) is 6.76. The van der Waals surface area contributed by atoms with Crippen molar-refractivity contribution >= 4 is 35.0 Å². The van der Waals surface area contributed by atoms with Gasteiger partial charge in [-0.2, -0.15) is 0 Å². The van der Waals surface area contributed by atoms with Crippen molar-refractivity contribution in [3.05, 3.63) is 127 Å². The first-order chi connectivity index (χ1) is 18.4. The first-order valence-corrected chi connectivity index (χ1v) is 12.5. The number of carboxylic acid groups (broad SMARTS) is 1. The Morgan fingerprint density at radius 2 is 1.71 bits per heavy atom. The molecule has 3 aromatic carbocycles. The van der Waals surface area contributed by atoms with Crippen molar-refractivity contribution in [2.75, 3.05) is 12.4 Å². The number of benzene rings is 3. The maximum absolute atomic E-state index is 13.7. The average Bonchev–Trinajstić information content (AvgIpc) is 3.22. The van der Waals surface area contributed by atoms with Crippen LogP contribution in [0.3, 0.4) is 0 Å². The molecular weight excluding hydrogens is 502 g/mol. The van der Waals surface area contributed by atoms with Crippen LogP contribution in [0.15, 0.2) is 99.9 Å². The molecule has 1 aliphatic rings. The van der Waals surface area contributed by atoms with Crippen LogP contribution >= 0.6 is 11.3 Å². The Labute approximate surface area is 221 Å². The molecule has 0 saturated carbocycles. The van der Waals surface area contributed by atoms with E-state index in [9.17, 15) is 14.4 Å². The topological polar surface area (TPSA) is 110 Å². The predicted octanol–water partition coefficient (Wildman–Crippen LogP) is 3.58. The van der Waals surface area contributed by atoms with Gasteiger partial charge in [-0.05, 0) is 60.5 Å². The second-order valence-electron chi connectivity index (χ2n) is 8.60. The molecule has 190 valence electrons. The summed E-state index contributed by atoms with van der Waals surface area (Å²) in [5.41, 5.74) is 2.79. The molecule has 0 aliphatic carbocycles. The number of anilines is 1. The fourth-order valence-electron chi connectivity index (χ4n) is 4.31. The lowest BCUT2D eigenvalue weighted by Crippen LogP contribution is -2.40. The third-order valence-corrected chi connectivity index (χ3v) is 7.17. The highest BCUT2D eigenvalue weighted by Crippen LogP contribution is 2.31. The van der Waals surface area contributed by atoms with Crippen LogP contribution < -0.4 is 24.9 Å². The van der Waals surface area contributed by atoms with E-state index in [4.69, 9.17) is 9.84 Å². The highest BCUT2D eigenvalue weighted by Gasteiger charge is 2.32. The fraction of sp³-hybridized carbons (Fsp3) is 0.103. The number of aromatic nitrogens is 1. The fourth-order valence-corrected chi connectivity index (χ4v) is 5.35. The van der Waals surface area contributed by atoms with Crippen LogP contribution in [0.2, 0.25) is 0 Å². The number of methoxy groups -OCH3 is 1. The number of carboxylic acids is 1. The molecule has 0 radical (unpaired) electrons. The molecule has 1 unspecified atom stereocenters. The molecule has 2 N–H and O–H groups in total. The van der Waals surface area contributed by atoms with Crippen LogP contribution in [0.4, 0.5) is 5.69 Å². The lowest BCUT2D eigenvalue weighted by molar-refractivity contribution is -0.113. The summed E-state index contributed by atoms with van der Waals surface area (Å²) in [4.78, 5) is 43.6. The summed E-state index contributed by atoms with van der Waals surface area (Å²) in [7, 11) is 1.57. The number of hydrogen-bond donors (Lipinski definition) is 2. The lowest BCUT2D eigenvalue weighted by atomic mass is 9.95. The third kappa shape index (κ3) is 4.79. The number of ether oxygens (including phenoxy) is 1. The summed E-state index contributed by atoms with van der Waals surface area (Å²) in [6, 6.07) is 21.9. The Balaban J connectivity index is 1.64. The van der Waals surface area contributed by atoms with E-state index in [1.807, 2.05) is 30.3 Å². The molecular formula is C29H23N3O5S. The van der Waals surface area contributed by atoms with E-state index in [1.165, 1.54) is 28.0 Å². The molecule has 0 bridgehead atoms. The third-order valence-electron chi connectivity index (χ3n) is 6.18. The van der Waals surface area contributed by atoms with Crippen LogP contribution in [0.1, 0.15) is 34.5 Å². The van der Waals surface area contributed by atoms with Crippen LogP contribution in [-0.2, 0) is 4.79 Å². The Bertz CT molecular complexity index is 1740. The predicted molar refractivity (Wildman–Crippen MR) is 145 cm³/mol. The Hall–Kier alpha value is -4.76. The van der Waals surface area contributed by atoms with Crippen molar-refractivity contribution in [3.63, 3.8) is 0 Å².